The number of nitrogens with two attached hydrogens (primary N) is 2. The van der Waals surface area contributed by atoms with E-state index in [-0.39, 0.29) is 19.0 Å². The molecular weight excluding hydrogens is 272 g/mol. The summed E-state index contributed by atoms with van der Waals surface area (Å²) in [7, 11) is 1.56. The van der Waals surface area contributed by atoms with Crippen LogP contribution in [0.1, 0.15) is 5.56 Å². The monoisotopic (exact) mass is 294 g/mol. The molecule has 0 atom stereocenters. The van der Waals surface area contributed by atoms with Crippen molar-refractivity contribution in [1.29, 1.82) is 0 Å². The van der Waals surface area contributed by atoms with Gasteiger partial charge in [0.2, 0.25) is 11.8 Å². The summed E-state index contributed by atoms with van der Waals surface area (Å²) < 4.78 is 4.85. The number of carbonyl (C=O) groups excluding carboxylic acids is 2. The number of benzene rings is 1. The number of nitrogens with one attached hydrogen (secondary N) is 1. The van der Waals surface area contributed by atoms with Crippen molar-refractivity contribution in [3.05, 3.63) is 29.8 Å². The standard InChI is InChI=1S/C14H22N4O3/c1-21-7-6-17-14(20)10-18(9-13(16)19)8-11-2-4-12(15)5-3-11/h2-5H,6-10,15H2,1H3,(H2,16,19)(H,17,20). The van der Waals surface area contributed by atoms with Gasteiger partial charge in [0.1, 0.15) is 0 Å². The normalized spacial score (nSPS) is 10.6. The molecule has 0 bridgehead atoms. The van der Waals surface area contributed by atoms with Crippen LogP contribution in [0.2, 0.25) is 0 Å². The Morgan fingerprint density at radius 1 is 1.24 bits per heavy atom. The Bertz CT molecular complexity index is 462. The van der Waals surface area contributed by atoms with Gasteiger partial charge in [-0.2, -0.15) is 0 Å². The molecule has 0 aliphatic heterocycles. The van der Waals surface area contributed by atoms with Crippen molar-refractivity contribution in [2.24, 2.45) is 5.73 Å². The second-order valence-electron chi connectivity index (χ2n) is 4.70. The van der Waals surface area contributed by atoms with E-state index in [1.807, 2.05) is 12.1 Å². The lowest BCUT2D eigenvalue weighted by Gasteiger charge is -2.20. The van der Waals surface area contributed by atoms with Crippen LogP contribution in [-0.2, 0) is 20.9 Å². The van der Waals surface area contributed by atoms with Crippen LogP contribution >= 0.6 is 0 Å². The van der Waals surface area contributed by atoms with E-state index in [2.05, 4.69) is 5.32 Å². The molecule has 1 aromatic carbocycles. The van der Waals surface area contributed by atoms with E-state index in [0.29, 0.717) is 25.4 Å². The van der Waals surface area contributed by atoms with E-state index in [4.69, 9.17) is 16.2 Å². The minimum absolute atomic E-state index is 0.0159. The summed E-state index contributed by atoms with van der Waals surface area (Å²) in [6, 6.07) is 7.26. The number of methoxy groups -OCH3 is 1. The molecule has 2 amide bonds. The quantitative estimate of drug-likeness (QED) is 0.413. The van der Waals surface area contributed by atoms with Crippen LogP contribution < -0.4 is 16.8 Å². The molecule has 7 heteroatoms. The van der Waals surface area contributed by atoms with E-state index in [0.717, 1.165) is 5.56 Å². The minimum Gasteiger partial charge on any atom is -0.399 e. The van der Waals surface area contributed by atoms with Gasteiger partial charge in [0.15, 0.2) is 0 Å². The molecule has 7 nitrogen and oxygen atoms in total. The third kappa shape index (κ3) is 7.28. The zero-order valence-electron chi connectivity index (χ0n) is 12.2. The van der Waals surface area contributed by atoms with Gasteiger partial charge in [0.25, 0.3) is 0 Å². The van der Waals surface area contributed by atoms with Crippen molar-refractivity contribution in [1.82, 2.24) is 10.2 Å². The van der Waals surface area contributed by atoms with Crippen molar-refractivity contribution in [2.45, 2.75) is 6.54 Å². The second kappa shape index (κ2) is 8.93. The van der Waals surface area contributed by atoms with Crippen molar-refractivity contribution < 1.29 is 14.3 Å². The van der Waals surface area contributed by atoms with E-state index in [1.165, 1.54) is 0 Å². The number of nitrogen functional groups attached to an aromatic ring is 1. The molecule has 0 aliphatic rings. The van der Waals surface area contributed by atoms with Gasteiger partial charge in [0, 0.05) is 25.9 Å². The van der Waals surface area contributed by atoms with E-state index in [1.54, 1.807) is 24.1 Å². The lowest BCUT2D eigenvalue weighted by molar-refractivity contribution is -0.124. The molecule has 116 valence electrons. The van der Waals surface area contributed by atoms with Crippen LogP contribution in [0.5, 0.6) is 0 Å². The first-order valence-corrected chi connectivity index (χ1v) is 6.62. The van der Waals surface area contributed by atoms with Gasteiger partial charge in [-0.3, -0.25) is 14.5 Å². The summed E-state index contributed by atoms with van der Waals surface area (Å²) in [6.45, 7) is 1.43. The maximum absolute atomic E-state index is 11.8. The number of carbonyl (C=O) groups is 2. The zero-order valence-corrected chi connectivity index (χ0v) is 12.2. The highest BCUT2D eigenvalue weighted by Crippen LogP contribution is 2.08. The molecule has 0 saturated carbocycles. The van der Waals surface area contributed by atoms with Gasteiger partial charge in [0.05, 0.1) is 19.7 Å². The predicted octanol–water partition coefficient (Wildman–Crippen LogP) is -0.681. The van der Waals surface area contributed by atoms with Crippen LogP contribution in [0.3, 0.4) is 0 Å². The highest BCUT2D eigenvalue weighted by molar-refractivity contribution is 5.80. The molecule has 0 heterocycles. The molecular formula is C14H22N4O3. The van der Waals surface area contributed by atoms with E-state index >= 15 is 0 Å². The SMILES string of the molecule is COCCNC(=O)CN(CC(N)=O)Cc1ccc(N)cc1. The number of hydrogen-bond donors (Lipinski definition) is 3. The van der Waals surface area contributed by atoms with Crippen LogP contribution in [0.4, 0.5) is 5.69 Å². The van der Waals surface area contributed by atoms with Crippen molar-refractivity contribution in [3.8, 4) is 0 Å². The van der Waals surface area contributed by atoms with Gasteiger partial charge < -0.3 is 21.5 Å². The molecule has 0 unspecified atom stereocenters. The number of amides is 2. The average molecular weight is 294 g/mol. The highest BCUT2D eigenvalue weighted by Gasteiger charge is 2.13. The summed E-state index contributed by atoms with van der Waals surface area (Å²) in [5, 5.41) is 2.70. The van der Waals surface area contributed by atoms with Gasteiger partial charge in [-0.05, 0) is 17.7 Å². The number of rotatable bonds is 9. The van der Waals surface area contributed by atoms with Crippen LogP contribution in [0, 0.1) is 0 Å². The third-order valence-corrected chi connectivity index (χ3v) is 2.76. The van der Waals surface area contributed by atoms with Crippen LogP contribution in [-0.4, -0.2) is 50.1 Å². The Morgan fingerprint density at radius 3 is 2.48 bits per heavy atom. The number of primary amides is 1. The largest absolute Gasteiger partial charge is 0.399 e. The Labute approximate surface area is 124 Å². The van der Waals surface area contributed by atoms with Crippen molar-refractivity contribution >= 4 is 17.5 Å². The predicted molar refractivity (Wildman–Crippen MR) is 80.2 cm³/mol. The molecule has 1 rings (SSSR count). The van der Waals surface area contributed by atoms with Crippen molar-refractivity contribution in [3.63, 3.8) is 0 Å². The fourth-order valence-corrected chi connectivity index (χ4v) is 1.82. The van der Waals surface area contributed by atoms with Gasteiger partial charge in [-0.15, -0.1) is 0 Å². The Morgan fingerprint density at radius 2 is 1.90 bits per heavy atom. The zero-order chi connectivity index (χ0) is 15.7. The maximum atomic E-state index is 11.8. The average Bonchev–Trinajstić information content (AvgIpc) is 2.41. The Hall–Kier alpha value is -2.12. The molecule has 0 radical (unpaired) electrons. The summed E-state index contributed by atoms with van der Waals surface area (Å²) in [5.74, 6) is -0.654. The minimum atomic E-state index is -0.477. The van der Waals surface area contributed by atoms with E-state index < -0.39 is 5.91 Å². The Balaban J connectivity index is 2.56. The van der Waals surface area contributed by atoms with Gasteiger partial charge >= 0.3 is 0 Å². The smallest absolute Gasteiger partial charge is 0.234 e. The summed E-state index contributed by atoms with van der Waals surface area (Å²) in [4.78, 5) is 24.6. The van der Waals surface area contributed by atoms with Crippen LogP contribution in [0.15, 0.2) is 24.3 Å². The fourth-order valence-electron chi connectivity index (χ4n) is 1.82. The second-order valence-corrected chi connectivity index (χ2v) is 4.70. The first-order chi connectivity index (χ1) is 10.0. The number of anilines is 1. The summed E-state index contributed by atoms with van der Waals surface area (Å²) in [5.41, 5.74) is 12.5. The summed E-state index contributed by atoms with van der Waals surface area (Å²) in [6.07, 6.45) is 0. The molecule has 0 fully saturated rings. The third-order valence-electron chi connectivity index (χ3n) is 2.76. The molecule has 1 aromatic rings. The maximum Gasteiger partial charge on any atom is 0.234 e. The van der Waals surface area contributed by atoms with E-state index in [9.17, 15) is 9.59 Å². The molecule has 0 aromatic heterocycles. The molecule has 5 N–H and O–H groups in total. The molecule has 0 saturated heterocycles. The van der Waals surface area contributed by atoms with Gasteiger partial charge in [-0.1, -0.05) is 12.1 Å². The summed E-state index contributed by atoms with van der Waals surface area (Å²) >= 11 is 0. The topological polar surface area (TPSA) is 111 Å². The highest BCUT2D eigenvalue weighted by atomic mass is 16.5. The van der Waals surface area contributed by atoms with Crippen molar-refractivity contribution in [2.75, 3.05) is 39.1 Å². The number of nitrogens with zero attached hydrogens (tertiary/aromatic N) is 1. The number of ether oxygens (including phenoxy) is 1. The molecule has 21 heavy (non-hydrogen) atoms. The van der Waals surface area contributed by atoms with Crippen LogP contribution in [0.25, 0.3) is 0 Å². The first kappa shape index (κ1) is 16.9. The lowest BCUT2D eigenvalue weighted by Crippen LogP contribution is -2.41. The Kier molecular flexibility index (Phi) is 7.20. The molecule has 0 aliphatic carbocycles. The lowest BCUT2D eigenvalue weighted by atomic mass is 10.2. The fraction of sp³-hybridized carbons (Fsp3) is 0.429. The number of hydrogen-bond acceptors (Lipinski definition) is 5. The van der Waals surface area contributed by atoms with Gasteiger partial charge in [-0.25, -0.2) is 0 Å². The molecule has 0 spiro atoms. The first-order valence-electron chi connectivity index (χ1n) is 6.62.